The van der Waals surface area contributed by atoms with Gasteiger partial charge in [-0.1, -0.05) is 25.1 Å². The number of ether oxygens (including phenoxy) is 3. The monoisotopic (exact) mass is 509 g/mol. The number of nitrogens with two attached hydrogens (primary N) is 3. The second-order valence-corrected chi connectivity index (χ2v) is 9.50. The zero-order chi connectivity index (χ0) is 26.4. The molecule has 0 saturated carbocycles. The molecule has 9 heteroatoms. The van der Waals surface area contributed by atoms with Crippen LogP contribution in [0.1, 0.15) is 55.9 Å². The molecule has 2 aromatic carbocycles. The fourth-order valence-corrected chi connectivity index (χ4v) is 4.83. The SMILES string of the molecule is CCOC(=O)C(Oc1ccc2c(c1)C[N+](=C(N)N)CC2)c1ccc(OC2CC[N+](=C(N)CC)CC2)cc1. The van der Waals surface area contributed by atoms with Gasteiger partial charge in [0.05, 0.1) is 32.8 Å². The molecule has 0 aromatic heterocycles. The van der Waals surface area contributed by atoms with Crippen molar-refractivity contribution in [2.24, 2.45) is 17.2 Å². The molecule has 4 rings (SSSR count). The topological polar surface area (TPSA) is 129 Å². The summed E-state index contributed by atoms with van der Waals surface area (Å²) >= 11 is 0. The number of guanidine groups is 1. The van der Waals surface area contributed by atoms with Gasteiger partial charge in [-0.05, 0) is 42.3 Å². The third-order valence-corrected chi connectivity index (χ3v) is 7.01. The van der Waals surface area contributed by atoms with Gasteiger partial charge in [0, 0.05) is 31.2 Å². The second-order valence-electron chi connectivity index (χ2n) is 9.50. The van der Waals surface area contributed by atoms with Crippen LogP contribution in [0, 0.1) is 0 Å². The van der Waals surface area contributed by atoms with E-state index in [4.69, 9.17) is 31.4 Å². The fourth-order valence-electron chi connectivity index (χ4n) is 4.83. The first-order chi connectivity index (χ1) is 17.9. The van der Waals surface area contributed by atoms with Gasteiger partial charge in [-0.25, -0.2) is 4.79 Å². The van der Waals surface area contributed by atoms with Crippen LogP contribution < -0.4 is 26.7 Å². The number of amidine groups is 1. The van der Waals surface area contributed by atoms with E-state index in [0.717, 1.165) is 62.5 Å². The highest BCUT2D eigenvalue weighted by Crippen LogP contribution is 2.29. The van der Waals surface area contributed by atoms with E-state index >= 15 is 0 Å². The van der Waals surface area contributed by atoms with Crippen molar-refractivity contribution < 1.29 is 28.2 Å². The summed E-state index contributed by atoms with van der Waals surface area (Å²) in [5, 5.41) is 0. The van der Waals surface area contributed by atoms with Gasteiger partial charge in [-0.3, -0.25) is 26.4 Å². The molecule has 2 aromatic rings. The third kappa shape index (κ3) is 6.53. The summed E-state index contributed by atoms with van der Waals surface area (Å²) in [6.45, 7) is 7.30. The Bertz CT molecular complexity index is 1160. The number of benzene rings is 2. The largest absolute Gasteiger partial charge is 0.490 e. The molecule has 0 bridgehead atoms. The Balaban J connectivity index is 1.46. The zero-order valence-corrected chi connectivity index (χ0v) is 21.8. The van der Waals surface area contributed by atoms with Crippen LogP contribution in [0.3, 0.4) is 0 Å². The molecular weight excluding hydrogens is 470 g/mol. The molecule has 2 aliphatic heterocycles. The molecule has 198 valence electrons. The number of fused-ring (bicyclic) bond motifs is 1. The van der Waals surface area contributed by atoms with Crippen molar-refractivity contribution in [3.05, 3.63) is 59.2 Å². The number of hydrogen-bond acceptors (Lipinski definition) is 4. The Kier molecular flexibility index (Phi) is 8.53. The minimum absolute atomic E-state index is 0.138. The van der Waals surface area contributed by atoms with E-state index in [-0.39, 0.29) is 12.7 Å². The Hall–Kier alpha value is -3.75. The van der Waals surface area contributed by atoms with Crippen molar-refractivity contribution in [1.82, 2.24) is 0 Å². The van der Waals surface area contributed by atoms with Gasteiger partial charge in [-0.2, -0.15) is 0 Å². The molecule has 1 unspecified atom stereocenters. The molecule has 0 radical (unpaired) electrons. The van der Waals surface area contributed by atoms with Crippen LogP contribution in [0.25, 0.3) is 0 Å². The highest BCUT2D eigenvalue weighted by atomic mass is 16.6. The number of carbonyl (C=O) groups is 1. The van der Waals surface area contributed by atoms with Crippen molar-refractivity contribution >= 4 is 17.8 Å². The van der Waals surface area contributed by atoms with Crippen LogP contribution in [-0.2, 0) is 22.5 Å². The number of nitrogens with zero attached hydrogens (tertiary/aromatic N) is 2. The Morgan fingerprint density at radius 1 is 0.946 bits per heavy atom. The Labute approximate surface area is 218 Å². The van der Waals surface area contributed by atoms with Crippen LogP contribution in [0.5, 0.6) is 11.5 Å². The van der Waals surface area contributed by atoms with Crippen molar-refractivity contribution in [2.75, 3.05) is 26.2 Å². The fraction of sp³-hybridized carbons (Fsp3) is 0.464. The van der Waals surface area contributed by atoms with Gasteiger partial charge >= 0.3 is 11.9 Å². The van der Waals surface area contributed by atoms with Crippen molar-refractivity contribution in [3.63, 3.8) is 0 Å². The molecule has 2 aliphatic rings. The molecule has 6 N–H and O–H groups in total. The lowest BCUT2D eigenvalue weighted by Crippen LogP contribution is -2.38. The van der Waals surface area contributed by atoms with Gasteiger partial charge in [0.2, 0.25) is 11.9 Å². The van der Waals surface area contributed by atoms with Crippen LogP contribution in [0.15, 0.2) is 42.5 Å². The highest BCUT2D eigenvalue weighted by molar-refractivity contribution is 5.77. The molecule has 2 heterocycles. The molecule has 1 saturated heterocycles. The number of hydrogen-bond donors (Lipinski definition) is 3. The molecule has 0 spiro atoms. The van der Waals surface area contributed by atoms with Gasteiger partial charge < -0.3 is 14.2 Å². The van der Waals surface area contributed by atoms with Gasteiger partial charge in [0.15, 0.2) is 0 Å². The molecule has 1 atom stereocenters. The molecule has 0 amide bonds. The van der Waals surface area contributed by atoms with E-state index in [1.807, 2.05) is 47.0 Å². The smallest absolute Gasteiger partial charge is 0.352 e. The van der Waals surface area contributed by atoms with E-state index in [1.165, 1.54) is 5.56 Å². The Morgan fingerprint density at radius 2 is 1.65 bits per heavy atom. The Morgan fingerprint density at radius 3 is 2.30 bits per heavy atom. The molecule has 9 nitrogen and oxygen atoms in total. The lowest BCUT2D eigenvalue weighted by Gasteiger charge is -2.25. The number of piperidine rings is 1. The first kappa shape index (κ1) is 26.3. The highest BCUT2D eigenvalue weighted by Gasteiger charge is 2.26. The maximum absolute atomic E-state index is 12.9. The van der Waals surface area contributed by atoms with Gasteiger partial charge in [0.25, 0.3) is 0 Å². The number of rotatable bonds is 8. The molecule has 1 fully saturated rings. The minimum Gasteiger partial charge on any atom is -0.490 e. The average Bonchev–Trinajstić information content (AvgIpc) is 2.92. The van der Waals surface area contributed by atoms with Gasteiger partial charge in [-0.15, -0.1) is 0 Å². The summed E-state index contributed by atoms with van der Waals surface area (Å²) in [5.74, 6) is 2.15. The van der Waals surface area contributed by atoms with Gasteiger partial charge in [0.1, 0.15) is 17.6 Å². The van der Waals surface area contributed by atoms with Crippen LogP contribution in [0.2, 0.25) is 0 Å². The van der Waals surface area contributed by atoms with Crippen molar-refractivity contribution in [1.29, 1.82) is 0 Å². The normalized spacial score (nSPS) is 17.9. The van der Waals surface area contributed by atoms with Crippen molar-refractivity contribution in [3.8, 4) is 11.5 Å². The standard InChI is InChI=1S/C28H37N5O4/c1-3-25(29)32-15-12-23(13-16-32)36-22-8-6-20(7-9-22)26(27(34)35-4-2)37-24-10-5-19-11-14-33(28(30)31)18-21(19)17-24/h5-10,17,23,26,29H,3-4,11-16,18H2,1-2H3,(H3,30,31)/p+2. The first-order valence-corrected chi connectivity index (χ1v) is 13.1. The average molecular weight is 510 g/mol. The predicted octanol–water partition coefficient (Wildman–Crippen LogP) is 2.03. The maximum atomic E-state index is 12.9. The summed E-state index contributed by atoms with van der Waals surface area (Å²) in [7, 11) is 0. The van der Waals surface area contributed by atoms with Crippen LogP contribution in [0.4, 0.5) is 0 Å². The summed E-state index contributed by atoms with van der Waals surface area (Å²) in [6.07, 6.45) is 2.79. The number of carbonyl (C=O) groups excluding carboxylic acids is 1. The molecule has 0 aliphatic carbocycles. The van der Waals surface area contributed by atoms with Crippen LogP contribution in [-0.4, -0.2) is 59.3 Å². The van der Waals surface area contributed by atoms with Crippen LogP contribution >= 0.6 is 0 Å². The van der Waals surface area contributed by atoms with E-state index in [0.29, 0.717) is 23.8 Å². The zero-order valence-electron chi connectivity index (χ0n) is 21.8. The van der Waals surface area contributed by atoms with E-state index in [9.17, 15) is 4.79 Å². The third-order valence-electron chi connectivity index (χ3n) is 7.01. The number of esters is 1. The lowest BCUT2D eigenvalue weighted by atomic mass is 10.0. The van der Waals surface area contributed by atoms with E-state index < -0.39 is 12.1 Å². The quantitative estimate of drug-likeness (QED) is 0.282. The summed E-state index contributed by atoms with van der Waals surface area (Å²) in [6, 6.07) is 13.4. The minimum atomic E-state index is -0.895. The maximum Gasteiger partial charge on any atom is 0.352 e. The molecule has 37 heavy (non-hydrogen) atoms. The first-order valence-electron chi connectivity index (χ1n) is 13.1. The summed E-state index contributed by atoms with van der Waals surface area (Å²) in [4.78, 5) is 12.9. The second kappa shape index (κ2) is 12.0. The summed E-state index contributed by atoms with van der Waals surface area (Å²) < 4.78 is 21.9. The molecular formula is C28H39N5O4+2. The predicted molar refractivity (Wildman–Crippen MR) is 142 cm³/mol. The van der Waals surface area contributed by atoms with Crippen molar-refractivity contribution in [2.45, 2.75) is 58.3 Å². The lowest BCUT2D eigenvalue weighted by molar-refractivity contribution is -0.549. The van der Waals surface area contributed by atoms with E-state index in [1.54, 1.807) is 6.92 Å². The summed E-state index contributed by atoms with van der Waals surface area (Å²) in [5.41, 5.74) is 20.7. The van der Waals surface area contributed by atoms with E-state index in [2.05, 4.69) is 11.5 Å².